The Kier molecular flexibility index (Phi) is 0.554. The van der Waals surface area contributed by atoms with Gasteiger partial charge in [-0.3, -0.25) is 0 Å². The summed E-state index contributed by atoms with van der Waals surface area (Å²) >= 11 is 0. The first-order valence-electron chi connectivity index (χ1n) is 3.92. The number of hydrogen-bond acceptors (Lipinski definition) is 3. The molecule has 0 saturated carbocycles. The molecule has 0 fully saturated rings. The molecule has 0 radical (unpaired) electrons. The molecular weight excluding hydrogens is 152 g/mol. The van der Waals surface area contributed by atoms with E-state index in [4.69, 9.17) is 4.52 Å². The van der Waals surface area contributed by atoms with Crippen LogP contribution < -0.4 is 0 Å². The first-order chi connectivity index (χ1) is 5.93. The van der Waals surface area contributed by atoms with Crippen LogP contribution in [0, 0.1) is 0 Å². The summed E-state index contributed by atoms with van der Waals surface area (Å²) in [5.41, 5.74) is 5.99. The van der Waals surface area contributed by atoms with Gasteiger partial charge >= 0.3 is 0 Å². The van der Waals surface area contributed by atoms with Gasteiger partial charge < -0.3 is 4.52 Å². The van der Waals surface area contributed by atoms with Crippen LogP contribution in [0.15, 0.2) is 33.1 Å². The van der Waals surface area contributed by atoms with Gasteiger partial charge in [0.2, 0.25) is 0 Å². The topological polar surface area (TPSA) is 38.4 Å². The third kappa shape index (κ3) is 0.384. The molecule has 0 N–H and O–H groups in total. The van der Waals surface area contributed by atoms with E-state index in [-0.39, 0.29) is 0 Å². The Bertz CT molecular complexity index is 502. The number of aromatic nitrogens is 1. The van der Waals surface area contributed by atoms with Gasteiger partial charge in [-0.05, 0) is 11.6 Å². The molecule has 12 heavy (non-hydrogen) atoms. The average molecular weight is 156 g/mol. The fourth-order valence-corrected chi connectivity index (χ4v) is 1.92. The summed E-state index contributed by atoms with van der Waals surface area (Å²) in [5, 5.41) is 3.77. The van der Waals surface area contributed by atoms with Gasteiger partial charge in [-0.2, -0.15) is 0 Å². The second kappa shape index (κ2) is 1.31. The zero-order valence-electron chi connectivity index (χ0n) is 6.16. The van der Waals surface area contributed by atoms with Crippen molar-refractivity contribution in [2.75, 3.05) is 0 Å². The highest BCUT2D eigenvalue weighted by molar-refractivity contribution is 6.17. The molecule has 1 aromatic rings. The predicted octanol–water partition coefficient (Wildman–Crippen LogP) is 1.53. The number of allylic oxidation sites excluding steroid dienone is 3. The van der Waals surface area contributed by atoms with Crippen LogP contribution in [0.1, 0.15) is 17.7 Å². The standard InChI is InChI=1S/C9H4N2O/c1-4-5-2-7(5)11-8(1)9-6(4)3-10-12-9/h2-3H,1H2. The molecule has 1 aliphatic heterocycles. The molecule has 0 aromatic carbocycles. The van der Waals surface area contributed by atoms with Gasteiger partial charge in [0.25, 0.3) is 0 Å². The van der Waals surface area contributed by atoms with Gasteiger partial charge in [0.15, 0.2) is 5.76 Å². The highest BCUT2D eigenvalue weighted by atomic mass is 16.5. The van der Waals surface area contributed by atoms with Gasteiger partial charge in [-0.25, -0.2) is 4.99 Å². The number of fused-ring (bicyclic) bond motifs is 6. The number of rotatable bonds is 0. The van der Waals surface area contributed by atoms with Crippen LogP contribution in [0.3, 0.4) is 0 Å². The lowest BCUT2D eigenvalue weighted by Crippen LogP contribution is -1.94. The first kappa shape index (κ1) is 5.09. The third-order valence-electron chi connectivity index (χ3n) is 2.56. The summed E-state index contributed by atoms with van der Waals surface area (Å²) in [4.78, 5) is 4.42. The maximum atomic E-state index is 5.12. The lowest BCUT2D eigenvalue weighted by atomic mass is 10.1. The molecule has 56 valence electrons. The molecule has 3 heteroatoms. The van der Waals surface area contributed by atoms with E-state index >= 15 is 0 Å². The maximum Gasteiger partial charge on any atom is 0.188 e. The molecule has 3 aliphatic rings. The zero-order chi connectivity index (χ0) is 7.71. The molecular formula is C9H4N2O. The smallest absolute Gasteiger partial charge is 0.188 e. The minimum atomic E-state index is 0.880. The molecule has 0 unspecified atom stereocenters. The Labute approximate surface area is 68.1 Å². The van der Waals surface area contributed by atoms with E-state index < -0.39 is 0 Å². The van der Waals surface area contributed by atoms with Crippen LogP contribution in [-0.2, 0) is 0 Å². The maximum absolute atomic E-state index is 5.12. The Hall–Kier alpha value is -1.64. The van der Waals surface area contributed by atoms with E-state index in [0.29, 0.717) is 0 Å². The Morgan fingerprint density at radius 1 is 1.42 bits per heavy atom. The Balaban J connectivity index is 2.20. The van der Waals surface area contributed by atoms with Crippen molar-refractivity contribution in [2.45, 2.75) is 6.42 Å². The van der Waals surface area contributed by atoms with Crippen LogP contribution >= 0.6 is 0 Å². The monoisotopic (exact) mass is 156 g/mol. The number of dihydropyridines is 1. The van der Waals surface area contributed by atoms with Gasteiger partial charge in [0, 0.05) is 17.6 Å². The summed E-state index contributed by atoms with van der Waals surface area (Å²) in [6.07, 6.45) is 4.83. The summed E-state index contributed by atoms with van der Waals surface area (Å²) in [6.45, 7) is 0. The lowest BCUT2D eigenvalue weighted by Gasteiger charge is -1.98. The molecule has 4 rings (SSSR count). The lowest BCUT2D eigenvalue weighted by molar-refractivity contribution is 0.413. The van der Waals surface area contributed by atoms with Crippen LogP contribution in [0.2, 0.25) is 0 Å². The van der Waals surface area contributed by atoms with E-state index in [9.17, 15) is 0 Å². The zero-order valence-corrected chi connectivity index (χ0v) is 6.16. The van der Waals surface area contributed by atoms with E-state index in [2.05, 4.69) is 16.2 Å². The summed E-state index contributed by atoms with van der Waals surface area (Å²) in [7, 11) is 0. The summed E-state index contributed by atoms with van der Waals surface area (Å²) in [6, 6.07) is 0. The highest BCUT2D eigenvalue weighted by Gasteiger charge is 2.37. The summed E-state index contributed by atoms with van der Waals surface area (Å²) < 4.78 is 5.12. The van der Waals surface area contributed by atoms with E-state index in [1.807, 2.05) is 0 Å². The average Bonchev–Trinajstić information content (AvgIpc) is 2.57. The quantitative estimate of drug-likeness (QED) is 0.571. The largest absolute Gasteiger partial charge is 0.354 e. The molecule has 0 amide bonds. The van der Waals surface area contributed by atoms with Crippen molar-refractivity contribution in [1.29, 1.82) is 0 Å². The Morgan fingerprint density at radius 2 is 2.42 bits per heavy atom. The number of hydrogen-bond donors (Lipinski definition) is 0. The number of nitrogens with zero attached hydrogens (tertiary/aromatic N) is 2. The Morgan fingerprint density at radius 3 is 3.42 bits per heavy atom. The molecule has 1 aromatic heterocycles. The fourth-order valence-electron chi connectivity index (χ4n) is 1.92. The molecule has 0 spiro atoms. The van der Waals surface area contributed by atoms with Crippen molar-refractivity contribution < 1.29 is 4.52 Å². The molecule has 2 heterocycles. The first-order valence-corrected chi connectivity index (χ1v) is 3.92. The highest BCUT2D eigenvalue weighted by Crippen LogP contribution is 2.48. The predicted molar refractivity (Wildman–Crippen MR) is 42.7 cm³/mol. The second-order valence-electron chi connectivity index (χ2n) is 3.23. The van der Waals surface area contributed by atoms with Crippen LogP contribution in [0.4, 0.5) is 0 Å². The second-order valence-corrected chi connectivity index (χ2v) is 3.23. The number of aliphatic imine (C=N–C) groups is 1. The minimum absolute atomic E-state index is 0.880. The summed E-state index contributed by atoms with van der Waals surface area (Å²) in [5.74, 6) is 0.880. The third-order valence-corrected chi connectivity index (χ3v) is 2.56. The van der Waals surface area contributed by atoms with Crippen LogP contribution in [0.5, 0.6) is 0 Å². The van der Waals surface area contributed by atoms with E-state index in [1.165, 1.54) is 11.1 Å². The molecule has 0 saturated heterocycles. The van der Waals surface area contributed by atoms with Crippen LogP contribution in [0.25, 0.3) is 5.57 Å². The van der Waals surface area contributed by atoms with Crippen LogP contribution in [-0.4, -0.2) is 10.9 Å². The van der Waals surface area contributed by atoms with Crippen molar-refractivity contribution in [3.63, 3.8) is 0 Å². The van der Waals surface area contributed by atoms with Gasteiger partial charge in [-0.1, -0.05) is 5.16 Å². The van der Waals surface area contributed by atoms with Gasteiger partial charge in [-0.15, -0.1) is 0 Å². The van der Waals surface area contributed by atoms with E-state index in [1.54, 1.807) is 6.20 Å². The molecule has 0 atom stereocenters. The van der Waals surface area contributed by atoms with Crippen molar-refractivity contribution >= 4 is 11.3 Å². The fraction of sp³-hybridized carbons (Fsp3) is 0.111. The SMILES string of the molecule is C1=C2N=C3CC(=C12)c1cnoc13. The van der Waals surface area contributed by atoms with Crippen molar-refractivity contribution in [3.8, 4) is 0 Å². The normalized spacial score (nSPS) is 21.7. The van der Waals surface area contributed by atoms with Gasteiger partial charge in [0.1, 0.15) is 0 Å². The van der Waals surface area contributed by atoms with E-state index in [0.717, 1.165) is 29.2 Å². The van der Waals surface area contributed by atoms with Crippen molar-refractivity contribution in [1.82, 2.24) is 5.16 Å². The van der Waals surface area contributed by atoms with Crippen molar-refractivity contribution in [3.05, 3.63) is 34.9 Å². The molecule has 2 aliphatic carbocycles. The minimum Gasteiger partial charge on any atom is -0.354 e. The van der Waals surface area contributed by atoms with Crippen molar-refractivity contribution in [2.24, 2.45) is 4.99 Å². The van der Waals surface area contributed by atoms with Gasteiger partial charge in [0.05, 0.1) is 17.6 Å². The molecule has 2 bridgehead atoms. The molecule has 3 nitrogen and oxygen atoms in total.